The van der Waals surface area contributed by atoms with Crippen LogP contribution in [0.25, 0.3) is 0 Å². The van der Waals surface area contributed by atoms with Crippen LogP contribution in [0.1, 0.15) is 50.9 Å². The van der Waals surface area contributed by atoms with Crippen molar-refractivity contribution < 1.29 is 24.3 Å². The molecule has 1 aromatic carbocycles. The summed E-state index contributed by atoms with van der Waals surface area (Å²) in [6.45, 7) is 7.50. The van der Waals surface area contributed by atoms with Crippen LogP contribution in [0.3, 0.4) is 0 Å². The van der Waals surface area contributed by atoms with E-state index in [0.29, 0.717) is 18.4 Å². The average molecular weight is 321 g/mol. The van der Waals surface area contributed by atoms with Crippen molar-refractivity contribution >= 4 is 12.1 Å². The lowest BCUT2D eigenvalue weighted by Crippen LogP contribution is -2.62. The summed E-state index contributed by atoms with van der Waals surface area (Å²) in [7, 11) is 0. The van der Waals surface area contributed by atoms with E-state index < -0.39 is 17.2 Å². The van der Waals surface area contributed by atoms with Gasteiger partial charge in [-0.2, -0.15) is 0 Å². The third-order valence-electron chi connectivity index (χ3n) is 4.01. The Balaban J connectivity index is 2.12. The van der Waals surface area contributed by atoms with Crippen molar-refractivity contribution in [3.63, 3.8) is 0 Å². The Kier molecular flexibility index (Phi) is 4.66. The first kappa shape index (κ1) is 17.3. The zero-order valence-electron chi connectivity index (χ0n) is 13.9. The Labute approximate surface area is 135 Å². The Bertz CT molecular complexity index is 564. The number of nitrogens with zero attached hydrogens (tertiary/aromatic N) is 1. The van der Waals surface area contributed by atoms with Crippen molar-refractivity contribution in [3.8, 4) is 0 Å². The lowest BCUT2D eigenvalue weighted by Gasteiger charge is -2.51. The molecule has 0 radical (unpaired) electrons. The standard InChI is InChI=1S/C17H23NO5/c1-16(2)10-13(11-17(3,4)18(16)23-15(20)21)22-14(19)12-8-6-5-7-9-12/h5-9,13H,10-11H2,1-4H3,(H,20,21). The van der Waals surface area contributed by atoms with Crippen LogP contribution in [-0.4, -0.2) is 39.5 Å². The largest absolute Gasteiger partial charge is 0.525 e. The van der Waals surface area contributed by atoms with Crippen LogP contribution >= 0.6 is 0 Å². The highest BCUT2D eigenvalue weighted by molar-refractivity contribution is 5.89. The van der Waals surface area contributed by atoms with E-state index >= 15 is 0 Å². The average Bonchev–Trinajstić information content (AvgIpc) is 2.43. The van der Waals surface area contributed by atoms with Crippen LogP contribution in [0.4, 0.5) is 4.79 Å². The van der Waals surface area contributed by atoms with Gasteiger partial charge in [-0.1, -0.05) is 18.2 Å². The van der Waals surface area contributed by atoms with Crippen molar-refractivity contribution in [3.05, 3.63) is 35.9 Å². The van der Waals surface area contributed by atoms with E-state index in [4.69, 9.17) is 14.7 Å². The molecule has 1 aliphatic heterocycles. The van der Waals surface area contributed by atoms with E-state index in [1.54, 1.807) is 24.3 Å². The number of rotatable bonds is 3. The number of ether oxygens (including phenoxy) is 1. The first-order valence-electron chi connectivity index (χ1n) is 7.59. The maximum atomic E-state index is 12.2. The van der Waals surface area contributed by atoms with Crippen LogP contribution < -0.4 is 0 Å². The number of hydroxylamine groups is 2. The summed E-state index contributed by atoms with van der Waals surface area (Å²) in [6.07, 6.45) is -0.669. The summed E-state index contributed by atoms with van der Waals surface area (Å²) in [5.74, 6) is -0.366. The third-order valence-corrected chi connectivity index (χ3v) is 4.01. The molecule has 1 N–H and O–H groups in total. The van der Waals surface area contributed by atoms with Gasteiger partial charge in [-0.25, -0.2) is 9.59 Å². The fraction of sp³-hybridized carbons (Fsp3) is 0.529. The highest BCUT2D eigenvalue weighted by Gasteiger charge is 2.49. The molecule has 0 saturated carbocycles. The van der Waals surface area contributed by atoms with E-state index in [1.807, 2.05) is 33.8 Å². The number of piperidine rings is 1. The maximum absolute atomic E-state index is 12.2. The number of benzene rings is 1. The van der Waals surface area contributed by atoms with E-state index in [2.05, 4.69) is 0 Å². The minimum absolute atomic E-state index is 0.304. The van der Waals surface area contributed by atoms with Crippen LogP contribution in [0.5, 0.6) is 0 Å². The lowest BCUT2D eigenvalue weighted by molar-refractivity contribution is -0.261. The predicted octanol–water partition coefficient (Wildman–Crippen LogP) is 3.47. The quantitative estimate of drug-likeness (QED) is 0.859. The van der Waals surface area contributed by atoms with Crippen molar-refractivity contribution in [2.24, 2.45) is 0 Å². The second kappa shape index (κ2) is 6.20. The summed E-state index contributed by atoms with van der Waals surface area (Å²) < 4.78 is 5.63. The van der Waals surface area contributed by atoms with Crippen molar-refractivity contribution in [2.75, 3.05) is 0 Å². The van der Waals surface area contributed by atoms with Crippen LogP contribution in [0.2, 0.25) is 0 Å². The molecule has 0 bridgehead atoms. The Hall–Kier alpha value is -2.08. The first-order chi connectivity index (χ1) is 10.6. The van der Waals surface area contributed by atoms with Gasteiger partial charge in [0.25, 0.3) is 0 Å². The molecule has 0 atom stereocenters. The summed E-state index contributed by atoms with van der Waals surface area (Å²) in [6, 6.07) is 8.83. The van der Waals surface area contributed by atoms with Crippen LogP contribution in [0, 0.1) is 0 Å². The van der Waals surface area contributed by atoms with Crippen molar-refractivity contribution in [2.45, 2.75) is 57.7 Å². The Morgan fingerprint density at radius 1 is 1.09 bits per heavy atom. The molecule has 0 aromatic heterocycles. The number of esters is 1. The molecular formula is C17H23NO5. The minimum Gasteiger partial charge on any atom is -0.459 e. The molecule has 0 spiro atoms. The highest BCUT2D eigenvalue weighted by atomic mass is 16.8. The van der Waals surface area contributed by atoms with Gasteiger partial charge in [0, 0.05) is 12.8 Å². The van der Waals surface area contributed by atoms with E-state index in [0.717, 1.165) is 0 Å². The van der Waals surface area contributed by atoms with Crippen molar-refractivity contribution in [1.29, 1.82) is 0 Å². The third kappa shape index (κ3) is 4.01. The molecule has 126 valence electrons. The summed E-state index contributed by atoms with van der Waals surface area (Å²) >= 11 is 0. The fourth-order valence-corrected chi connectivity index (χ4v) is 3.37. The highest BCUT2D eigenvalue weighted by Crippen LogP contribution is 2.40. The van der Waals surface area contributed by atoms with Gasteiger partial charge in [-0.05, 0) is 39.8 Å². The second-order valence-electron chi connectivity index (χ2n) is 7.08. The number of hydrogen-bond donors (Lipinski definition) is 1. The number of carbonyl (C=O) groups excluding carboxylic acids is 1. The molecule has 0 unspecified atom stereocenters. The molecule has 0 aliphatic carbocycles. The molecule has 23 heavy (non-hydrogen) atoms. The number of hydrogen-bond acceptors (Lipinski definition) is 5. The minimum atomic E-state index is -1.34. The van der Waals surface area contributed by atoms with Crippen molar-refractivity contribution in [1.82, 2.24) is 5.06 Å². The number of carboxylic acid groups (broad SMARTS) is 1. The zero-order valence-corrected chi connectivity index (χ0v) is 13.9. The van der Waals surface area contributed by atoms with Crippen LogP contribution in [-0.2, 0) is 9.57 Å². The second-order valence-corrected chi connectivity index (χ2v) is 7.08. The predicted molar refractivity (Wildman–Crippen MR) is 84.0 cm³/mol. The Morgan fingerprint density at radius 3 is 2.09 bits per heavy atom. The Morgan fingerprint density at radius 2 is 1.61 bits per heavy atom. The normalized spacial score (nSPS) is 20.7. The molecule has 6 heteroatoms. The van der Waals surface area contributed by atoms with E-state index in [1.165, 1.54) is 5.06 Å². The number of carbonyl (C=O) groups is 2. The molecule has 1 saturated heterocycles. The van der Waals surface area contributed by atoms with Gasteiger partial charge < -0.3 is 14.7 Å². The van der Waals surface area contributed by atoms with Gasteiger partial charge in [0.15, 0.2) is 0 Å². The van der Waals surface area contributed by atoms with E-state index in [-0.39, 0.29) is 12.1 Å². The summed E-state index contributed by atoms with van der Waals surface area (Å²) in [5, 5.41) is 10.4. The topological polar surface area (TPSA) is 76.1 Å². The van der Waals surface area contributed by atoms with E-state index in [9.17, 15) is 9.59 Å². The molecule has 1 aliphatic rings. The smallest absolute Gasteiger partial charge is 0.459 e. The summed E-state index contributed by atoms with van der Waals surface area (Å²) in [5.41, 5.74) is -0.656. The lowest BCUT2D eigenvalue weighted by atomic mass is 9.80. The summed E-state index contributed by atoms with van der Waals surface area (Å²) in [4.78, 5) is 28.1. The van der Waals surface area contributed by atoms with Gasteiger partial charge in [-0.15, -0.1) is 5.06 Å². The van der Waals surface area contributed by atoms with Gasteiger partial charge in [0.2, 0.25) is 0 Å². The van der Waals surface area contributed by atoms with Crippen LogP contribution in [0.15, 0.2) is 30.3 Å². The van der Waals surface area contributed by atoms with Gasteiger partial charge in [0.05, 0.1) is 16.6 Å². The molecule has 1 fully saturated rings. The molecule has 1 aromatic rings. The monoisotopic (exact) mass is 321 g/mol. The molecular weight excluding hydrogens is 298 g/mol. The molecule has 1 heterocycles. The van der Waals surface area contributed by atoms with Gasteiger partial charge >= 0.3 is 12.1 Å². The molecule has 0 amide bonds. The molecule has 2 rings (SSSR count). The SMILES string of the molecule is CC1(C)CC(OC(=O)c2ccccc2)CC(C)(C)N1OC(=O)O. The zero-order chi connectivity index (χ0) is 17.3. The van der Waals surface area contributed by atoms with Gasteiger partial charge in [-0.3, -0.25) is 0 Å². The fourth-order valence-electron chi connectivity index (χ4n) is 3.37. The molecule has 6 nitrogen and oxygen atoms in total. The first-order valence-corrected chi connectivity index (χ1v) is 7.59. The van der Waals surface area contributed by atoms with Gasteiger partial charge in [0.1, 0.15) is 6.10 Å². The maximum Gasteiger partial charge on any atom is 0.525 e.